The van der Waals surface area contributed by atoms with Gasteiger partial charge in [0, 0.05) is 11.6 Å². The van der Waals surface area contributed by atoms with Gasteiger partial charge in [0.05, 0.1) is 29.8 Å². The summed E-state index contributed by atoms with van der Waals surface area (Å²) in [5.74, 6) is -0.105. The fraction of sp³-hybridized carbons (Fsp3) is 0.250. The van der Waals surface area contributed by atoms with Crippen LogP contribution < -0.4 is 0 Å². The first kappa shape index (κ1) is 22.3. The summed E-state index contributed by atoms with van der Waals surface area (Å²) in [5, 5.41) is 0.129. The van der Waals surface area contributed by atoms with Gasteiger partial charge in [-0.05, 0) is 36.2 Å². The first-order valence-corrected chi connectivity index (χ1v) is 11.5. The molecular weight excluding hydrogens is 449 g/mol. The maximum atomic E-state index is 13.3. The van der Waals surface area contributed by atoms with Gasteiger partial charge in [-0.1, -0.05) is 42.3 Å². The highest BCUT2D eigenvalue weighted by molar-refractivity contribution is 7.91. The van der Waals surface area contributed by atoms with E-state index in [2.05, 4.69) is 9.97 Å². The standard InChI is InChI=1S/C20H19Cl2N3O4S/c1-2-10-30(27,28)20-23-11-17(22)18(24-20)19(26)25(13-16-4-3-9-29-16)12-14-5-7-15(21)8-6-14/h3-9,11H,2,10,12-13H2,1H3. The van der Waals surface area contributed by atoms with Crippen LogP contribution in [0.1, 0.15) is 35.2 Å². The molecule has 30 heavy (non-hydrogen) atoms. The van der Waals surface area contributed by atoms with Crippen molar-refractivity contribution in [2.75, 3.05) is 5.75 Å². The Morgan fingerprint density at radius 2 is 1.87 bits per heavy atom. The molecule has 7 nitrogen and oxygen atoms in total. The highest BCUT2D eigenvalue weighted by Gasteiger charge is 2.25. The molecule has 10 heteroatoms. The van der Waals surface area contributed by atoms with Gasteiger partial charge in [-0.15, -0.1) is 0 Å². The largest absolute Gasteiger partial charge is 0.467 e. The number of carbonyl (C=O) groups is 1. The number of amides is 1. The zero-order chi connectivity index (χ0) is 21.7. The lowest BCUT2D eigenvalue weighted by molar-refractivity contribution is 0.0710. The summed E-state index contributed by atoms with van der Waals surface area (Å²) in [7, 11) is -3.71. The van der Waals surface area contributed by atoms with Gasteiger partial charge in [-0.25, -0.2) is 18.4 Å². The summed E-state index contributed by atoms with van der Waals surface area (Å²) in [6, 6.07) is 10.5. The van der Waals surface area contributed by atoms with Gasteiger partial charge < -0.3 is 9.32 Å². The van der Waals surface area contributed by atoms with Crippen LogP contribution in [0.4, 0.5) is 0 Å². The van der Waals surface area contributed by atoms with E-state index in [9.17, 15) is 13.2 Å². The van der Waals surface area contributed by atoms with E-state index in [4.69, 9.17) is 27.6 Å². The van der Waals surface area contributed by atoms with Gasteiger partial charge in [0.2, 0.25) is 15.0 Å². The van der Waals surface area contributed by atoms with Crippen LogP contribution in [0.3, 0.4) is 0 Å². The quantitative estimate of drug-likeness (QED) is 0.455. The van der Waals surface area contributed by atoms with Crippen molar-refractivity contribution in [3.63, 3.8) is 0 Å². The summed E-state index contributed by atoms with van der Waals surface area (Å²) >= 11 is 12.1. The van der Waals surface area contributed by atoms with Crippen LogP contribution in [-0.2, 0) is 22.9 Å². The average Bonchev–Trinajstić information content (AvgIpc) is 3.22. The lowest BCUT2D eigenvalue weighted by atomic mass is 10.2. The number of hydrogen-bond acceptors (Lipinski definition) is 6. The predicted octanol–water partition coefficient (Wildman–Crippen LogP) is 4.40. The number of sulfone groups is 1. The third kappa shape index (κ3) is 5.38. The Morgan fingerprint density at radius 1 is 1.13 bits per heavy atom. The van der Waals surface area contributed by atoms with Gasteiger partial charge in [0.1, 0.15) is 5.76 Å². The number of benzene rings is 1. The molecule has 0 radical (unpaired) electrons. The lowest BCUT2D eigenvalue weighted by Gasteiger charge is -2.22. The Hall–Kier alpha value is -2.42. The molecule has 1 amide bonds. The van der Waals surface area contributed by atoms with Crippen molar-refractivity contribution in [3.8, 4) is 0 Å². The summed E-state index contributed by atoms with van der Waals surface area (Å²) in [4.78, 5) is 22.6. The molecule has 2 aromatic heterocycles. The fourth-order valence-electron chi connectivity index (χ4n) is 2.76. The van der Waals surface area contributed by atoms with E-state index in [1.165, 1.54) is 11.2 Å². The highest BCUT2D eigenvalue weighted by Crippen LogP contribution is 2.21. The van der Waals surface area contributed by atoms with Crippen molar-refractivity contribution in [1.29, 1.82) is 0 Å². The normalized spacial score (nSPS) is 11.4. The molecule has 0 bridgehead atoms. The highest BCUT2D eigenvalue weighted by atomic mass is 35.5. The van der Waals surface area contributed by atoms with Crippen LogP contribution in [0.5, 0.6) is 0 Å². The molecule has 0 atom stereocenters. The van der Waals surface area contributed by atoms with Crippen molar-refractivity contribution in [3.05, 3.63) is 75.9 Å². The van der Waals surface area contributed by atoms with E-state index in [1.54, 1.807) is 43.3 Å². The maximum absolute atomic E-state index is 13.3. The Kier molecular flexibility index (Phi) is 7.12. The van der Waals surface area contributed by atoms with E-state index in [0.29, 0.717) is 17.2 Å². The zero-order valence-electron chi connectivity index (χ0n) is 16.1. The molecule has 158 valence electrons. The van der Waals surface area contributed by atoms with Crippen molar-refractivity contribution < 1.29 is 17.6 Å². The van der Waals surface area contributed by atoms with Crippen LogP contribution in [0.25, 0.3) is 0 Å². The second-order valence-electron chi connectivity index (χ2n) is 6.54. The second kappa shape index (κ2) is 9.59. The van der Waals surface area contributed by atoms with Gasteiger partial charge in [0.25, 0.3) is 5.91 Å². The average molecular weight is 468 g/mol. The Bertz CT molecular complexity index is 1120. The zero-order valence-corrected chi connectivity index (χ0v) is 18.4. The molecule has 0 N–H and O–H groups in total. The molecule has 0 aliphatic heterocycles. The smallest absolute Gasteiger partial charge is 0.274 e. The number of carbonyl (C=O) groups excluding carboxylic acids is 1. The monoisotopic (exact) mass is 467 g/mol. The number of rotatable bonds is 8. The Labute approximate surface area is 184 Å². The minimum absolute atomic E-state index is 0.0315. The van der Waals surface area contributed by atoms with E-state index in [1.807, 2.05) is 0 Å². The third-order valence-electron chi connectivity index (χ3n) is 4.18. The SMILES string of the molecule is CCCS(=O)(=O)c1ncc(Cl)c(C(=O)N(Cc2ccc(Cl)cc2)Cc2ccco2)n1. The molecule has 0 saturated carbocycles. The summed E-state index contributed by atoms with van der Waals surface area (Å²) in [5.41, 5.74) is 0.644. The van der Waals surface area contributed by atoms with Crippen LogP contribution >= 0.6 is 23.2 Å². The molecule has 0 fully saturated rings. The van der Waals surface area contributed by atoms with Crippen LogP contribution in [-0.4, -0.2) is 34.9 Å². The molecule has 1 aromatic carbocycles. The van der Waals surface area contributed by atoms with Crippen molar-refractivity contribution in [1.82, 2.24) is 14.9 Å². The first-order valence-electron chi connectivity index (χ1n) is 9.11. The van der Waals surface area contributed by atoms with Crippen LogP contribution in [0, 0.1) is 0 Å². The molecule has 2 heterocycles. The minimum atomic E-state index is -3.71. The Morgan fingerprint density at radius 3 is 2.50 bits per heavy atom. The van der Waals surface area contributed by atoms with Crippen molar-refractivity contribution in [2.45, 2.75) is 31.6 Å². The van der Waals surface area contributed by atoms with E-state index >= 15 is 0 Å². The lowest BCUT2D eigenvalue weighted by Crippen LogP contribution is -2.31. The van der Waals surface area contributed by atoms with Gasteiger partial charge >= 0.3 is 0 Å². The summed E-state index contributed by atoms with van der Waals surface area (Å²) in [6.45, 7) is 2.09. The van der Waals surface area contributed by atoms with Crippen LogP contribution in [0.2, 0.25) is 10.0 Å². The summed E-state index contributed by atoms with van der Waals surface area (Å²) in [6.07, 6.45) is 3.05. The molecule has 0 saturated heterocycles. The van der Waals surface area contributed by atoms with Gasteiger partial charge in [-0.3, -0.25) is 4.79 Å². The number of nitrogens with zero attached hydrogens (tertiary/aromatic N) is 3. The van der Waals surface area contributed by atoms with Gasteiger partial charge in [-0.2, -0.15) is 0 Å². The summed E-state index contributed by atoms with van der Waals surface area (Å²) < 4.78 is 30.1. The molecular formula is C20H19Cl2N3O4S. The Balaban J connectivity index is 1.96. The maximum Gasteiger partial charge on any atom is 0.274 e. The molecule has 3 rings (SSSR count). The predicted molar refractivity (Wildman–Crippen MR) is 113 cm³/mol. The molecule has 0 aliphatic rings. The molecule has 3 aromatic rings. The van der Waals surface area contributed by atoms with E-state index in [0.717, 1.165) is 11.8 Å². The van der Waals surface area contributed by atoms with Crippen molar-refractivity contribution >= 4 is 38.9 Å². The van der Waals surface area contributed by atoms with E-state index in [-0.39, 0.29) is 29.6 Å². The molecule has 0 spiro atoms. The topological polar surface area (TPSA) is 93.4 Å². The molecule has 0 aliphatic carbocycles. The minimum Gasteiger partial charge on any atom is -0.467 e. The van der Waals surface area contributed by atoms with Gasteiger partial charge in [0.15, 0.2) is 5.69 Å². The van der Waals surface area contributed by atoms with Crippen LogP contribution in [0.15, 0.2) is 58.4 Å². The fourth-order valence-corrected chi connectivity index (χ4v) is 4.22. The third-order valence-corrected chi connectivity index (χ3v) is 6.40. The number of aromatic nitrogens is 2. The number of furan rings is 1. The number of halogens is 2. The second-order valence-corrected chi connectivity index (χ2v) is 9.38. The first-order chi connectivity index (χ1) is 14.3. The van der Waals surface area contributed by atoms with Crippen molar-refractivity contribution in [2.24, 2.45) is 0 Å². The number of hydrogen-bond donors (Lipinski definition) is 0. The van der Waals surface area contributed by atoms with E-state index < -0.39 is 20.9 Å². The molecule has 0 unspecified atom stereocenters.